The van der Waals surface area contributed by atoms with Crippen LogP contribution in [0.3, 0.4) is 0 Å². The molecule has 0 fully saturated rings. The number of rotatable bonds is 3. The van der Waals surface area contributed by atoms with Gasteiger partial charge in [0.05, 0.1) is 11.8 Å². The predicted octanol–water partition coefficient (Wildman–Crippen LogP) is 1.56. The minimum absolute atomic E-state index is 0.0791. The third-order valence-electron chi connectivity index (χ3n) is 3.22. The van der Waals surface area contributed by atoms with Gasteiger partial charge in [-0.15, -0.1) is 11.8 Å². The SMILES string of the molecule is CC(O)C(C)Sc1ccc2c(c1)N(C)C(=O)C2O. The molecule has 0 aliphatic carbocycles. The van der Waals surface area contributed by atoms with Gasteiger partial charge in [-0.1, -0.05) is 13.0 Å². The van der Waals surface area contributed by atoms with E-state index in [0.29, 0.717) is 5.56 Å². The summed E-state index contributed by atoms with van der Waals surface area (Å²) in [5.41, 5.74) is 1.40. The van der Waals surface area contributed by atoms with Gasteiger partial charge in [-0.25, -0.2) is 0 Å². The number of carbonyl (C=O) groups excluding carboxylic acids is 1. The molecule has 2 rings (SSSR count). The number of thioether (sulfide) groups is 1. The molecule has 1 aliphatic rings. The van der Waals surface area contributed by atoms with Gasteiger partial charge >= 0.3 is 0 Å². The summed E-state index contributed by atoms with van der Waals surface area (Å²) in [5, 5.41) is 19.3. The van der Waals surface area contributed by atoms with Gasteiger partial charge in [0.1, 0.15) is 0 Å². The second-order valence-corrected chi connectivity index (χ2v) is 6.03. The first kappa shape index (κ1) is 13.4. The number of hydrogen-bond donors (Lipinski definition) is 2. The van der Waals surface area contributed by atoms with Crippen LogP contribution in [0.4, 0.5) is 5.69 Å². The molecule has 2 N–H and O–H groups in total. The van der Waals surface area contributed by atoms with Crippen LogP contribution in [0.1, 0.15) is 25.5 Å². The topological polar surface area (TPSA) is 60.8 Å². The van der Waals surface area contributed by atoms with Gasteiger partial charge in [0.25, 0.3) is 5.91 Å². The lowest BCUT2D eigenvalue weighted by atomic mass is 10.1. The number of benzene rings is 1. The van der Waals surface area contributed by atoms with Crippen molar-refractivity contribution in [1.29, 1.82) is 0 Å². The monoisotopic (exact) mass is 267 g/mol. The molecule has 3 atom stereocenters. The maximum absolute atomic E-state index is 11.6. The second kappa shape index (κ2) is 4.91. The Hall–Kier alpha value is -1.04. The Morgan fingerprint density at radius 2 is 2.06 bits per heavy atom. The molecule has 18 heavy (non-hydrogen) atoms. The predicted molar refractivity (Wildman–Crippen MR) is 71.8 cm³/mol. The van der Waals surface area contributed by atoms with Crippen LogP contribution in [-0.2, 0) is 4.79 Å². The third kappa shape index (κ3) is 2.25. The van der Waals surface area contributed by atoms with Crippen molar-refractivity contribution >= 4 is 23.4 Å². The van der Waals surface area contributed by atoms with E-state index in [-0.39, 0.29) is 11.2 Å². The molecule has 5 heteroatoms. The zero-order chi connectivity index (χ0) is 13.4. The largest absolute Gasteiger partial charge is 0.392 e. The van der Waals surface area contributed by atoms with E-state index in [2.05, 4.69) is 0 Å². The smallest absolute Gasteiger partial charge is 0.260 e. The van der Waals surface area contributed by atoms with E-state index in [1.165, 1.54) is 4.90 Å². The van der Waals surface area contributed by atoms with Crippen molar-refractivity contribution in [2.45, 2.75) is 36.2 Å². The number of likely N-dealkylation sites (N-methyl/N-ethyl adjacent to an activating group) is 1. The highest BCUT2D eigenvalue weighted by molar-refractivity contribution is 8.00. The summed E-state index contributed by atoms with van der Waals surface area (Å²) in [5.74, 6) is -0.296. The first-order valence-corrected chi connectivity index (χ1v) is 6.74. The van der Waals surface area contributed by atoms with Gasteiger partial charge in [0, 0.05) is 22.8 Å². The van der Waals surface area contributed by atoms with Crippen molar-refractivity contribution in [3.63, 3.8) is 0 Å². The van der Waals surface area contributed by atoms with Crippen LogP contribution in [0.15, 0.2) is 23.1 Å². The fraction of sp³-hybridized carbons (Fsp3) is 0.462. The van der Waals surface area contributed by atoms with Crippen LogP contribution in [0.2, 0.25) is 0 Å². The lowest BCUT2D eigenvalue weighted by Gasteiger charge is -2.15. The summed E-state index contributed by atoms with van der Waals surface area (Å²) in [6.45, 7) is 3.71. The Morgan fingerprint density at radius 3 is 2.67 bits per heavy atom. The van der Waals surface area contributed by atoms with Gasteiger partial charge in [-0.3, -0.25) is 4.79 Å². The zero-order valence-electron chi connectivity index (χ0n) is 10.6. The highest BCUT2D eigenvalue weighted by atomic mass is 32.2. The molecule has 4 nitrogen and oxygen atoms in total. The summed E-state index contributed by atoms with van der Waals surface area (Å²) < 4.78 is 0. The number of aliphatic hydroxyl groups is 2. The number of anilines is 1. The van der Waals surface area contributed by atoms with Crippen LogP contribution in [-0.4, -0.2) is 34.5 Å². The van der Waals surface area contributed by atoms with Crippen LogP contribution in [0, 0.1) is 0 Å². The average Bonchev–Trinajstić information content (AvgIpc) is 2.54. The number of fused-ring (bicyclic) bond motifs is 1. The molecule has 0 saturated heterocycles. The molecule has 98 valence electrons. The van der Waals surface area contributed by atoms with Gasteiger partial charge in [0.2, 0.25) is 0 Å². The molecular formula is C13H17NO3S. The van der Waals surface area contributed by atoms with Crippen molar-refractivity contribution in [3.8, 4) is 0 Å². The van der Waals surface area contributed by atoms with Gasteiger partial charge in [0.15, 0.2) is 6.10 Å². The minimum Gasteiger partial charge on any atom is -0.392 e. The summed E-state index contributed by atoms with van der Waals surface area (Å²) in [7, 11) is 1.66. The van der Waals surface area contributed by atoms with E-state index in [1.807, 2.05) is 19.1 Å². The Kier molecular flexibility index (Phi) is 3.66. The Morgan fingerprint density at radius 1 is 1.39 bits per heavy atom. The van der Waals surface area contributed by atoms with E-state index >= 15 is 0 Å². The van der Waals surface area contributed by atoms with E-state index in [4.69, 9.17) is 0 Å². The second-order valence-electron chi connectivity index (χ2n) is 4.58. The Bertz CT molecular complexity index is 475. The highest BCUT2D eigenvalue weighted by Gasteiger charge is 2.33. The van der Waals surface area contributed by atoms with E-state index in [1.54, 1.807) is 31.8 Å². The molecule has 0 bridgehead atoms. The molecule has 0 saturated carbocycles. The quantitative estimate of drug-likeness (QED) is 0.816. The van der Waals surface area contributed by atoms with Gasteiger partial charge in [-0.05, 0) is 19.1 Å². The first-order valence-electron chi connectivity index (χ1n) is 5.86. The lowest BCUT2D eigenvalue weighted by molar-refractivity contribution is -0.125. The molecule has 3 unspecified atom stereocenters. The van der Waals surface area contributed by atoms with Gasteiger partial charge < -0.3 is 15.1 Å². The van der Waals surface area contributed by atoms with E-state index < -0.39 is 12.2 Å². The van der Waals surface area contributed by atoms with Crippen molar-refractivity contribution < 1.29 is 15.0 Å². The van der Waals surface area contributed by atoms with Crippen LogP contribution in [0.5, 0.6) is 0 Å². The number of aliphatic hydroxyl groups excluding tert-OH is 2. The van der Waals surface area contributed by atoms with Crippen molar-refractivity contribution in [2.75, 3.05) is 11.9 Å². The Labute approximate surface area is 111 Å². The molecule has 1 aromatic rings. The standard InChI is InChI=1S/C13H17NO3S/c1-7(15)8(2)18-9-4-5-10-11(6-9)14(3)13(17)12(10)16/h4-8,12,15-16H,1-3H3. The summed E-state index contributed by atoms with van der Waals surface area (Å²) in [4.78, 5) is 14.1. The van der Waals surface area contributed by atoms with E-state index in [0.717, 1.165) is 10.6 Å². The maximum Gasteiger partial charge on any atom is 0.260 e. The van der Waals surface area contributed by atoms with Crippen molar-refractivity contribution in [2.24, 2.45) is 0 Å². The molecule has 0 spiro atoms. The number of hydrogen-bond acceptors (Lipinski definition) is 4. The zero-order valence-corrected chi connectivity index (χ0v) is 11.4. The van der Waals surface area contributed by atoms with E-state index in [9.17, 15) is 15.0 Å². The average molecular weight is 267 g/mol. The van der Waals surface area contributed by atoms with Crippen molar-refractivity contribution in [3.05, 3.63) is 23.8 Å². The molecular weight excluding hydrogens is 250 g/mol. The number of amides is 1. The van der Waals surface area contributed by atoms with Crippen LogP contribution in [0.25, 0.3) is 0 Å². The van der Waals surface area contributed by atoms with Crippen LogP contribution >= 0.6 is 11.8 Å². The molecule has 1 aromatic carbocycles. The Balaban J connectivity index is 2.26. The third-order valence-corrected chi connectivity index (χ3v) is 4.52. The molecule has 1 aliphatic heterocycles. The van der Waals surface area contributed by atoms with Crippen LogP contribution < -0.4 is 4.90 Å². The summed E-state index contributed by atoms with van der Waals surface area (Å²) in [6.07, 6.45) is -1.44. The number of carbonyl (C=O) groups is 1. The molecule has 0 radical (unpaired) electrons. The maximum atomic E-state index is 11.6. The van der Waals surface area contributed by atoms with Crippen molar-refractivity contribution in [1.82, 2.24) is 0 Å². The molecule has 1 amide bonds. The summed E-state index contributed by atoms with van der Waals surface area (Å²) in [6, 6.07) is 5.53. The molecule has 0 aromatic heterocycles. The highest BCUT2D eigenvalue weighted by Crippen LogP contribution is 2.38. The lowest BCUT2D eigenvalue weighted by Crippen LogP contribution is -2.23. The molecule has 1 heterocycles. The first-order chi connectivity index (χ1) is 8.41. The summed E-state index contributed by atoms with van der Waals surface area (Å²) >= 11 is 1.55. The fourth-order valence-electron chi connectivity index (χ4n) is 1.87. The fourth-order valence-corrected chi connectivity index (χ4v) is 2.82. The minimum atomic E-state index is -1.04. The number of nitrogens with zero attached hydrogens (tertiary/aromatic N) is 1. The van der Waals surface area contributed by atoms with Gasteiger partial charge in [-0.2, -0.15) is 0 Å². The normalized spacial score (nSPS) is 21.9.